The molecule has 0 atom stereocenters. The number of aryl methyl sites for hydroxylation is 1. The molecule has 0 radical (unpaired) electrons. The fourth-order valence-corrected chi connectivity index (χ4v) is 3.46. The van der Waals surface area contributed by atoms with Crippen LogP contribution in [-0.4, -0.2) is 22.6 Å². The van der Waals surface area contributed by atoms with Gasteiger partial charge in [0.15, 0.2) is 0 Å². The smallest absolute Gasteiger partial charge is 0.225 e. The Morgan fingerprint density at radius 2 is 2.00 bits per heavy atom. The summed E-state index contributed by atoms with van der Waals surface area (Å²) in [4.78, 5) is 9.15. The maximum atomic E-state index is 4.63. The molecule has 4 nitrogen and oxygen atoms in total. The van der Waals surface area contributed by atoms with Crippen LogP contribution in [0.3, 0.4) is 0 Å². The van der Waals surface area contributed by atoms with Crippen molar-refractivity contribution in [1.29, 1.82) is 0 Å². The zero-order valence-corrected chi connectivity index (χ0v) is 13.7. The first-order chi connectivity index (χ1) is 10.8. The number of anilines is 2. The van der Waals surface area contributed by atoms with Crippen LogP contribution in [0.4, 0.5) is 11.8 Å². The Labute approximate surface area is 133 Å². The zero-order valence-electron chi connectivity index (χ0n) is 13.7. The number of allylic oxidation sites excluding steroid dienone is 1. The number of hydrogen-bond acceptors (Lipinski definition) is 4. The Balaban J connectivity index is 1.53. The van der Waals surface area contributed by atoms with Gasteiger partial charge in [-0.05, 0) is 51.9 Å². The van der Waals surface area contributed by atoms with E-state index in [1.165, 1.54) is 51.4 Å². The lowest BCUT2D eigenvalue weighted by atomic mass is 9.97. The highest BCUT2D eigenvalue weighted by Gasteiger charge is 2.16. The molecule has 2 aliphatic rings. The first-order valence-electron chi connectivity index (χ1n) is 8.83. The predicted molar refractivity (Wildman–Crippen MR) is 92.3 cm³/mol. The van der Waals surface area contributed by atoms with Gasteiger partial charge in [-0.15, -0.1) is 0 Å². The van der Waals surface area contributed by atoms with E-state index in [0.29, 0.717) is 6.04 Å². The number of hydrogen-bond donors (Lipinski definition) is 2. The molecular formula is C18H28N4. The van der Waals surface area contributed by atoms with Gasteiger partial charge >= 0.3 is 0 Å². The number of nitrogens with one attached hydrogen (secondary N) is 2. The number of rotatable bonds is 6. The van der Waals surface area contributed by atoms with Crippen LogP contribution in [-0.2, 0) is 0 Å². The van der Waals surface area contributed by atoms with Crippen LogP contribution >= 0.6 is 0 Å². The van der Waals surface area contributed by atoms with Gasteiger partial charge in [-0.3, -0.25) is 0 Å². The molecule has 0 amide bonds. The average Bonchev–Trinajstić information content (AvgIpc) is 3.01. The summed E-state index contributed by atoms with van der Waals surface area (Å²) in [5, 5.41) is 6.95. The molecule has 0 aliphatic heterocycles. The Morgan fingerprint density at radius 3 is 2.77 bits per heavy atom. The van der Waals surface area contributed by atoms with Gasteiger partial charge in [0.1, 0.15) is 5.82 Å². The van der Waals surface area contributed by atoms with E-state index in [1.54, 1.807) is 5.57 Å². The van der Waals surface area contributed by atoms with Crippen molar-refractivity contribution in [3.63, 3.8) is 0 Å². The van der Waals surface area contributed by atoms with Crippen LogP contribution in [0.5, 0.6) is 0 Å². The zero-order chi connectivity index (χ0) is 15.2. The summed E-state index contributed by atoms with van der Waals surface area (Å²) in [6.07, 6.45) is 13.9. The fraction of sp³-hybridized carbons (Fsp3) is 0.667. The van der Waals surface area contributed by atoms with E-state index in [0.717, 1.165) is 30.4 Å². The molecule has 1 fully saturated rings. The van der Waals surface area contributed by atoms with Crippen molar-refractivity contribution >= 4 is 11.8 Å². The van der Waals surface area contributed by atoms with E-state index in [1.807, 2.05) is 13.0 Å². The molecule has 0 aromatic carbocycles. The van der Waals surface area contributed by atoms with Gasteiger partial charge in [-0.25, -0.2) is 4.98 Å². The largest absolute Gasteiger partial charge is 0.370 e. The lowest BCUT2D eigenvalue weighted by Gasteiger charge is -2.15. The Morgan fingerprint density at radius 1 is 1.14 bits per heavy atom. The minimum Gasteiger partial charge on any atom is -0.370 e. The van der Waals surface area contributed by atoms with Gasteiger partial charge in [-0.1, -0.05) is 24.5 Å². The summed E-state index contributed by atoms with van der Waals surface area (Å²) in [7, 11) is 0. The minimum absolute atomic E-state index is 0.557. The third kappa shape index (κ3) is 4.46. The Hall–Kier alpha value is -1.58. The highest BCUT2D eigenvalue weighted by molar-refractivity contribution is 5.42. The topological polar surface area (TPSA) is 49.8 Å². The summed E-state index contributed by atoms with van der Waals surface area (Å²) < 4.78 is 0. The predicted octanol–water partition coefficient (Wildman–Crippen LogP) is 4.44. The van der Waals surface area contributed by atoms with Crippen LogP contribution in [0, 0.1) is 6.92 Å². The van der Waals surface area contributed by atoms with Crippen molar-refractivity contribution in [1.82, 2.24) is 9.97 Å². The van der Waals surface area contributed by atoms with Gasteiger partial charge in [0.2, 0.25) is 5.95 Å². The van der Waals surface area contributed by atoms with Crippen molar-refractivity contribution in [2.75, 3.05) is 17.2 Å². The summed E-state index contributed by atoms with van der Waals surface area (Å²) in [5.74, 6) is 1.73. The van der Waals surface area contributed by atoms with Crippen molar-refractivity contribution in [2.45, 2.75) is 70.8 Å². The molecule has 0 saturated heterocycles. The van der Waals surface area contributed by atoms with Gasteiger partial charge in [0, 0.05) is 24.3 Å². The van der Waals surface area contributed by atoms with Crippen molar-refractivity contribution in [3.8, 4) is 0 Å². The Bertz CT molecular complexity index is 518. The second-order valence-electron chi connectivity index (χ2n) is 6.63. The fourth-order valence-electron chi connectivity index (χ4n) is 3.46. The molecule has 1 heterocycles. The van der Waals surface area contributed by atoms with Crippen LogP contribution in [0.25, 0.3) is 0 Å². The first kappa shape index (κ1) is 15.3. The monoisotopic (exact) mass is 300 g/mol. The van der Waals surface area contributed by atoms with Gasteiger partial charge < -0.3 is 10.6 Å². The van der Waals surface area contributed by atoms with Crippen molar-refractivity contribution in [2.24, 2.45) is 0 Å². The van der Waals surface area contributed by atoms with Crippen molar-refractivity contribution < 1.29 is 0 Å². The van der Waals surface area contributed by atoms with Crippen LogP contribution in [0.2, 0.25) is 0 Å². The third-order valence-corrected chi connectivity index (χ3v) is 4.68. The second kappa shape index (κ2) is 7.61. The highest BCUT2D eigenvalue weighted by Crippen LogP contribution is 2.22. The standard InChI is InChI=1S/C18H28N4/c1-14-13-17(19-12-11-15-7-3-2-4-8-15)22-18(20-14)21-16-9-5-6-10-16/h7,13,16H,2-6,8-12H2,1H3,(H2,19,20,21,22). The summed E-state index contributed by atoms with van der Waals surface area (Å²) in [6, 6.07) is 2.59. The van der Waals surface area contributed by atoms with Crippen LogP contribution < -0.4 is 10.6 Å². The first-order valence-corrected chi connectivity index (χ1v) is 8.83. The quantitative estimate of drug-likeness (QED) is 0.762. The van der Waals surface area contributed by atoms with E-state index < -0.39 is 0 Å². The van der Waals surface area contributed by atoms with Crippen molar-refractivity contribution in [3.05, 3.63) is 23.4 Å². The Kier molecular flexibility index (Phi) is 5.30. The molecule has 1 aromatic heterocycles. The normalized spacial score (nSPS) is 19.0. The lowest BCUT2D eigenvalue weighted by Crippen LogP contribution is -2.17. The SMILES string of the molecule is Cc1cc(NCCC2=CCCCC2)nc(NC2CCCC2)n1. The second-order valence-corrected chi connectivity index (χ2v) is 6.63. The van der Waals surface area contributed by atoms with E-state index in [4.69, 9.17) is 0 Å². The summed E-state index contributed by atoms with van der Waals surface area (Å²) in [6.45, 7) is 3.00. The van der Waals surface area contributed by atoms with Crippen LogP contribution in [0.1, 0.15) is 63.5 Å². The molecule has 1 aromatic rings. The lowest BCUT2D eigenvalue weighted by molar-refractivity contribution is 0.679. The molecule has 0 bridgehead atoms. The van der Waals surface area contributed by atoms with E-state index in [-0.39, 0.29) is 0 Å². The molecule has 0 spiro atoms. The molecule has 2 aliphatic carbocycles. The average molecular weight is 300 g/mol. The molecule has 3 rings (SSSR count). The molecule has 120 valence electrons. The van der Waals surface area contributed by atoms with E-state index >= 15 is 0 Å². The molecular weight excluding hydrogens is 272 g/mol. The molecule has 22 heavy (non-hydrogen) atoms. The highest BCUT2D eigenvalue weighted by atomic mass is 15.2. The van der Waals surface area contributed by atoms with Gasteiger partial charge in [-0.2, -0.15) is 4.98 Å². The summed E-state index contributed by atoms with van der Waals surface area (Å²) >= 11 is 0. The maximum absolute atomic E-state index is 4.63. The minimum atomic E-state index is 0.557. The van der Waals surface area contributed by atoms with Gasteiger partial charge in [0.25, 0.3) is 0 Å². The van der Waals surface area contributed by atoms with Crippen LogP contribution in [0.15, 0.2) is 17.7 Å². The maximum Gasteiger partial charge on any atom is 0.225 e. The third-order valence-electron chi connectivity index (χ3n) is 4.68. The van der Waals surface area contributed by atoms with Gasteiger partial charge in [0.05, 0.1) is 0 Å². The molecule has 1 saturated carbocycles. The van der Waals surface area contributed by atoms with E-state index in [9.17, 15) is 0 Å². The summed E-state index contributed by atoms with van der Waals surface area (Å²) in [5.41, 5.74) is 2.63. The van der Waals surface area contributed by atoms with E-state index in [2.05, 4.69) is 26.7 Å². The number of nitrogens with zero attached hydrogens (tertiary/aromatic N) is 2. The molecule has 4 heteroatoms. The molecule has 2 N–H and O–H groups in total. The molecule has 0 unspecified atom stereocenters. The number of aromatic nitrogens is 2.